The summed E-state index contributed by atoms with van der Waals surface area (Å²) in [5, 5.41) is 4.76. The lowest BCUT2D eigenvalue weighted by Gasteiger charge is -2.33. The van der Waals surface area contributed by atoms with Gasteiger partial charge in [-0.05, 0) is 62.4 Å². The fourth-order valence-electron chi connectivity index (χ4n) is 5.51. The van der Waals surface area contributed by atoms with Gasteiger partial charge >= 0.3 is 5.51 Å². The predicted octanol–water partition coefficient (Wildman–Crippen LogP) is 4.54. The monoisotopic (exact) mass is 467 g/mol. The third kappa shape index (κ3) is 4.24. The highest BCUT2D eigenvalue weighted by molar-refractivity contribution is 8.00. The Morgan fingerprint density at radius 2 is 1.84 bits per heavy atom. The number of hydrogen-bond acceptors (Lipinski definition) is 6. The van der Waals surface area contributed by atoms with E-state index in [4.69, 9.17) is 15.6 Å². The summed E-state index contributed by atoms with van der Waals surface area (Å²) < 4.78 is 46.2. The molecule has 5 rings (SSSR count). The highest BCUT2D eigenvalue weighted by Gasteiger charge is 2.58. The SMILES string of the molecule is CC(C)n1nc(-c2cnc(N)c(SC(F)(F)F)c2)cc1[C@H]1[C@@H]2C[C@@H](N3CCOCC3)C[C@@H]21. The zero-order valence-corrected chi connectivity index (χ0v) is 19.0. The van der Waals surface area contributed by atoms with E-state index in [1.54, 1.807) is 0 Å². The van der Waals surface area contributed by atoms with E-state index in [0.717, 1.165) is 26.3 Å². The standard InChI is InChI=1S/C22H28F3N5OS/c1-12(2)30-18(20-15-8-14(9-16(15)20)29-3-5-31-6-4-29)10-17(28-30)13-7-19(21(26)27-11-13)32-22(23,24)25/h7,10-12,14-16,20H,3-6,8-9H2,1-2H3,(H2,26,27)/t14-,15-,16+,20+. The smallest absolute Gasteiger partial charge is 0.383 e. The Bertz CT molecular complexity index is 976. The molecule has 0 spiro atoms. The maximum atomic E-state index is 12.9. The molecule has 0 bridgehead atoms. The molecule has 1 aliphatic heterocycles. The summed E-state index contributed by atoms with van der Waals surface area (Å²) in [6.45, 7) is 7.85. The van der Waals surface area contributed by atoms with Crippen LogP contribution in [0.1, 0.15) is 44.3 Å². The van der Waals surface area contributed by atoms with Gasteiger partial charge in [0.25, 0.3) is 0 Å². The molecule has 3 heterocycles. The molecule has 0 aromatic carbocycles. The van der Waals surface area contributed by atoms with Gasteiger partial charge in [0.2, 0.25) is 0 Å². The minimum absolute atomic E-state index is 0.0905. The number of hydrogen-bond donors (Lipinski definition) is 1. The molecule has 174 valence electrons. The van der Waals surface area contributed by atoms with Gasteiger partial charge in [0.15, 0.2) is 0 Å². The van der Waals surface area contributed by atoms with Crippen molar-refractivity contribution >= 4 is 17.6 Å². The molecule has 2 aromatic rings. The molecule has 0 amide bonds. The minimum atomic E-state index is -4.42. The van der Waals surface area contributed by atoms with Crippen LogP contribution < -0.4 is 5.73 Å². The van der Waals surface area contributed by atoms with Crippen molar-refractivity contribution in [1.82, 2.24) is 19.7 Å². The van der Waals surface area contributed by atoms with Gasteiger partial charge in [0, 0.05) is 48.5 Å². The van der Waals surface area contributed by atoms with Gasteiger partial charge in [-0.15, -0.1) is 0 Å². The highest BCUT2D eigenvalue weighted by Crippen LogP contribution is 2.64. The first-order valence-electron chi connectivity index (χ1n) is 11.1. The molecule has 0 unspecified atom stereocenters. The molecular formula is C22H28F3N5OS. The van der Waals surface area contributed by atoms with Crippen molar-refractivity contribution in [3.63, 3.8) is 0 Å². The van der Waals surface area contributed by atoms with E-state index < -0.39 is 5.51 Å². The van der Waals surface area contributed by atoms with E-state index in [1.807, 2.05) is 10.7 Å². The Morgan fingerprint density at radius 1 is 1.16 bits per heavy atom. The van der Waals surface area contributed by atoms with Crippen LogP contribution >= 0.6 is 11.8 Å². The van der Waals surface area contributed by atoms with Crippen LogP contribution in [0, 0.1) is 11.8 Å². The second-order valence-electron chi connectivity index (χ2n) is 9.27. The normalized spacial score (nSPS) is 28.3. The number of nitrogen functional groups attached to an aromatic ring is 1. The number of morpholine rings is 1. The maximum Gasteiger partial charge on any atom is 0.446 e. The van der Waals surface area contributed by atoms with E-state index in [9.17, 15) is 13.2 Å². The highest BCUT2D eigenvalue weighted by atomic mass is 32.2. The van der Waals surface area contributed by atoms with Gasteiger partial charge in [0.05, 0.1) is 23.8 Å². The predicted molar refractivity (Wildman–Crippen MR) is 117 cm³/mol. The molecule has 2 aliphatic carbocycles. The molecule has 32 heavy (non-hydrogen) atoms. The minimum Gasteiger partial charge on any atom is -0.383 e. The zero-order chi connectivity index (χ0) is 22.6. The number of halogens is 3. The van der Waals surface area contributed by atoms with Crippen molar-refractivity contribution in [2.24, 2.45) is 11.8 Å². The van der Waals surface area contributed by atoms with E-state index in [2.05, 4.69) is 23.7 Å². The van der Waals surface area contributed by atoms with Crippen LogP contribution in [0.25, 0.3) is 11.3 Å². The Hall–Kier alpha value is -1.78. The Kier molecular flexibility index (Phi) is 5.66. The van der Waals surface area contributed by atoms with Crippen molar-refractivity contribution in [3.05, 3.63) is 24.0 Å². The van der Waals surface area contributed by atoms with Crippen LogP contribution in [0.3, 0.4) is 0 Å². The molecule has 3 aliphatic rings. The Labute approximate surface area is 189 Å². The molecule has 0 radical (unpaired) electrons. The number of anilines is 1. The van der Waals surface area contributed by atoms with Gasteiger partial charge < -0.3 is 10.5 Å². The second kappa shape index (κ2) is 8.22. The lowest BCUT2D eigenvalue weighted by atomic mass is 10.0. The fraction of sp³-hybridized carbons (Fsp3) is 0.636. The number of ether oxygens (including phenoxy) is 1. The summed E-state index contributed by atoms with van der Waals surface area (Å²) in [5.74, 6) is 1.67. The molecular weight excluding hydrogens is 439 g/mol. The van der Waals surface area contributed by atoms with Crippen LogP contribution in [0.2, 0.25) is 0 Å². The number of nitrogens with zero attached hydrogens (tertiary/aromatic N) is 4. The van der Waals surface area contributed by atoms with Crippen molar-refractivity contribution in [2.75, 3.05) is 32.0 Å². The average molecular weight is 468 g/mol. The van der Waals surface area contributed by atoms with Gasteiger partial charge in [-0.1, -0.05) is 0 Å². The Balaban J connectivity index is 1.36. The molecule has 2 saturated carbocycles. The molecule has 10 heteroatoms. The third-order valence-corrected chi connectivity index (χ3v) is 7.76. The van der Waals surface area contributed by atoms with Gasteiger partial charge in [-0.2, -0.15) is 18.3 Å². The van der Waals surface area contributed by atoms with Crippen molar-refractivity contribution in [1.29, 1.82) is 0 Å². The number of nitrogens with two attached hydrogens (primary N) is 1. The molecule has 4 atom stereocenters. The number of fused-ring (bicyclic) bond motifs is 1. The molecule has 1 saturated heterocycles. The second-order valence-corrected chi connectivity index (χ2v) is 10.4. The summed E-state index contributed by atoms with van der Waals surface area (Å²) in [7, 11) is 0. The van der Waals surface area contributed by atoms with E-state index in [1.165, 1.54) is 30.8 Å². The van der Waals surface area contributed by atoms with Crippen molar-refractivity contribution in [2.45, 2.75) is 55.1 Å². The van der Waals surface area contributed by atoms with Crippen LogP contribution in [0.5, 0.6) is 0 Å². The number of pyridine rings is 1. The van der Waals surface area contributed by atoms with E-state index in [-0.39, 0.29) is 28.5 Å². The summed E-state index contributed by atoms with van der Waals surface area (Å²) in [5.41, 5.74) is 3.66. The van der Waals surface area contributed by atoms with Crippen LogP contribution in [0.4, 0.5) is 19.0 Å². The van der Waals surface area contributed by atoms with Gasteiger partial charge in [-0.3, -0.25) is 9.58 Å². The van der Waals surface area contributed by atoms with E-state index in [0.29, 0.717) is 35.1 Å². The topological polar surface area (TPSA) is 69.2 Å². The van der Waals surface area contributed by atoms with Crippen LogP contribution in [0.15, 0.2) is 23.2 Å². The number of aromatic nitrogens is 3. The lowest BCUT2D eigenvalue weighted by molar-refractivity contribution is -0.0328. The van der Waals surface area contributed by atoms with Crippen LogP contribution in [-0.2, 0) is 4.74 Å². The average Bonchev–Trinajstić information content (AvgIpc) is 3.09. The molecule has 6 nitrogen and oxygen atoms in total. The largest absolute Gasteiger partial charge is 0.446 e. The van der Waals surface area contributed by atoms with Gasteiger partial charge in [0.1, 0.15) is 5.82 Å². The maximum absolute atomic E-state index is 12.9. The summed E-state index contributed by atoms with van der Waals surface area (Å²) >= 11 is -0.236. The summed E-state index contributed by atoms with van der Waals surface area (Å²) in [4.78, 5) is 6.47. The molecule has 2 N–H and O–H groups in total. The first-order chi connectivity index (χ1) is 15.2. The quantitative estimate of drug-likeness (QED) is 0.651. The summed E-state index contributed by atoms with van der Waals surface area (Å²) in [6, 6.07) is 4.30. The third-order valence-electron chi connectivity index (χ3n) is 6.98. The number of alkyl halides is 3. The number of rotatable bonds is 5. The first kappa shape index (κ1) is 22.0. The van der Waals surface area contributed by atoms with Crippen LogP contribution in [-0.4, -0.2) is 57.5 Å². The number of thioether (sulfide) groups is 1. The van der Waals surface area contributed by atoms with E-state index >= 15 is 0 Å². The van der Waals surface area contributed by atoms with Gasteiger partial charge in [-0.25, -0.2) is 4.98 Å². The Morgan fingerprint density at radius 3 is 2.47 bits per heavy atom. The lowest BCUT2D eigenvalue weighted by Crippen LogP contribution is -2.43. The molecule has 2 aromatic heterocycles. The first-order valence-corrected chi connectivity index (χ1v) is 12.0. The fourth-order valence-corrected chi connectivity index (χ4v) is 6.10. The summed E-state index contributed by atoms with van der Waals surface area (Å²) in [6.07, 6.45) is 3.90. The van der Waals surface area contributed by atoms with Crippen molar-refractivity contribution in [3.8, 4) is 11.3 Å². The molecule has 3 fully saturated rings. The van der Waals surface area contributed by atoms with Crippen molar-refractivity contribution < 1.29 is 17.9 Å². The zero-order valence-electron chi connectivity index (χ0n) is 18.2.